The Hall–Kier alpha value is -3.34. The second-order valence-corrected chi connectivity index (χ2v) is 5.43. The van der Waals surface area contributed by atoms with Gasteiger partial charge in [-0.2, -0.15) is 0 Å². The van der Waals surface area contributed by atoms with Crippen molar-refractivity contribution in [1.82, 2.24) is 14.5 Å². The molecule has 0 unspecified atom stereocenters. The van der Waals surface area contributed by atoms with Gasteiger partial charge in [0.15, 0.2) is 5.65 Å². The molecule has 0 atom stereocenters. The maximum absolute atomic E-state index is 11.8. The fourth-order valence-electron chi connectivity index (χ4n) is 2.64. The first kappa shape index (κ1) is 14.3. The molecule has 2 aromatic heterocycles. The van der Waals surface area contributed by atoms with Crippen molar-refractivity contribution in [2.45, 2.75) is 6.61 Å². The van der Waals surface area contributed by atoms with Crippen molar-refractivity contribution in [1.29, 1.82) is 0 Å². The number of nitrogens with one attached hydrogen (secondary N) is 1. The van der Waals surface area contributed by atoms with Crippen LogP contribution in [0.2, 0.25) is 0 Å². The third-order valence-electron chi connectivity index (χ3n) is 3.83. The number of rotatable bonds is 4. The second kappa shape index (κ2) is 6.04. The van der Waals surface area contributed by atoms with Gasteiger partial charge in [-0.15, -0.1) is 0 Å². The summed E-state index contributed by atoms with van der Waals surface area (Å²) in [5.41, 5.74) is 2.49. The number of fused-ring (bicyclic) bond motifs is 1. The largest absolute Gasteiger partial charge is 0.489 e. The fraction of sp³-hybridized carbons (Fsp3) is 0.0526. The molecule has 118 valence electrons. The van der Waals surface area contributed by atoms with E-state index in [-0.39, 0.29) is 5.56 Å². The molecule has 0 aliphatic carbocycles. The molecule has 2 aromatic carbocycles. The van der Waals surface area contributed by atoms with Crippen LogP contribution in [0.25, 0.3) is 16.7 Å². The van der Waals surface area contributed by atoms with Crippen LogP contribution in [0.3, 0.4) is 0 Å². The highest BCUT2D eigenvalue weighted by atomic mass is 16.5. The topological polar surface area (TPSA) is 59.9 Å². The summed E-state index contributed by atoms with van der Waals surface area (Å²) in [6.07, 6.45) is 3.25. The van der Waals surface area contributed by atoms with Gasteiger partial charge in [0.1, 0.15) is 12.4 Å². The van der Waals surface area contributed by atoms with Gasteiger partial charge in [-0.1, -0.05) is 36.4 Å². The maximum Gasteiger partial charge on any atom is 0.260 e. The van der Waals surface area contributed by atoms with Crippen LogP contribution in [-0.4, -0.2) is 14.5 Å². The van der Waals surface area contributed by atoms with Gasteiger partial charge in [-0.25, -0.2) is 4.98 Å². The smallest absolute Gasteiger partial charge is 0.260 e. The normalized spacial score (nSPS) is 10.8. The highest BCUT2D eigenvalue weighted by Crippen LogP contribution is 2.21. The van der Waals surface area contributed by atoms with E-state index in [1.807, 2.05) is 65.4 Å². The highest BCUT2D eigenvalue weighted by Gasteiger charge is 2.08. The lowest BCUT2D eigenvalue weighted by Crippen LogP contribution is -2.06. The van der Waals surface area contributed by atoms with E-state index in [1.54, 1.807) is 6.07 Å². The van der Waals surface area contributed by atoms with Crippen LogP contribution in [0.5, 0.6) is 5.75 Å². The summed E-state index contributed by atoms with van der Waals surface area (Å²) in [5.74, 6) is 0.767. The van der Waals surface area contributed by atoms with E-state index in [1.165, 1.54) is 6.33 Å². The van der Waals surface area contributed by atoms with Crippen LogP contribution < -0.4 is 10.3 Å². The zero-order valence-electron chi connectivity index (χ0n) is 12.8. The number of aromatic amines is 1. The van der Waals surface area contributed by atoms with Crippen LogP contribution in [-0.2, 0) is 6.61 Å². The first-order valence-corrected chi connectivity index (χ1v) is 7.63. The van der Waals surface area contributed by atoms with Gasteiger partial charge in [-0.3, -0.25) is 4.79 Å². The standard InChI is InChI=1S/C19H15N3O2/c23-19-17-9-10-22(18(17)20-13-21-19)15-7-4-8-16(11-15)24-12-14-5-2-1-3-6-14/h1-11,13H,12H2,(H,20,21,23). The fourth-order valence-corrected chi connectivity index (χ4v) is 2.64. The Balaban J connectivity index is 1.64. The minimum atomic E-state index is -0.143. The zero-order chi connectivity index (χ0) is 16.4. The lowest BCUT2D eigenvalue weighted by atomic mass is 10.2. The van der Waals surface area contributed by atoms with E-state index in [0.29, 0.717) is 17.6 Å². The van der Waals surface area contributed by atoms with Gasteiger partial charge in [0.05, 0.1) is 17.4 Å². The monoisotopic (exact) mass is 317 g/mol. The molecule has 24 heavy (non-hydrogen) atoms. The summed E-state index contributed by atoms with van der Waals surface area (Å²) in [7, 11) is 0. The minimum Gasteiger partial charge on any atom is -0.489 e. The number of H-pyrrole nitrogens is 1. The van der Waals surface area contributed by atoms with Crippen molar-refractivity contribution < 1.29 is 4.74 Å². The predicted molar refractivity (Wildman–Crippen MR) is 92.5 cm³/mol. The van der Waals surface area contributed by atoms with Crippen molar-refractivity contribution in [2.75, 3.05) is 0 Å². The molecule has 0 fully saturated rings. The summed E-state index contributed by atoms with van der Waals surface area (Å²) in [6.45, 7) is 0.509. The van der Waals surface area contributed by atoms with Crippen molar-refractivity contribution in [3.05, 3.63) is 89.1 Å². The molecule has 0 bridgehead atoms. The van der Waals surface area contributed by atoms with Gasteiger partial charge in [-0.05, 0) is 23.8 Å². The van der Waals surface area contributed by atoms with E-state index in [2.05, 4.69) is 9.97 Å². The molecule has 0 aliphatic rings. The molecular formula is C19H15N3O2. The Morgan fingerprint density at radius 2 is 1.92 bits per heavy atom. The number of aromatic nitrogens is 3. The van der Waals surface area contributed by atoms with E-state index >= 15 is 0 Å². The van der Waals surface area contributed by atoms with Crippen LogP contribution >= 0.6 is 0 Å². The van der Waals surface area contributed by atoms with Gasteiger partial charge >= 0.3 is 0 Å². The Morgan fingerprint density at radius 3 is 2.79 bits per heavy atom. The number of benzene rings is 2. The second-order valence-electron chi connectivity index (χ2n) is 5.43. The molecule has 1 N–H and O–H groups in total. The molecule has 0 amide bonds. The average molecular weight is 317 g/mol. The number of nitrogens with zero attached hydrogens (tertiary/aromatic N) is 2. The number of hydrogen-bond acceptors (Lipinski definition) is 3. The van der Waals surface area contributed by atoms with E-state index in [0.717, 1.165) is 17.0 Å². The molecule has 4 rings (SSSR count). The Morgan fingerprint density at radius 1 is 1.04 bits per heavy atom. The van der Waals surface area contributed by atoms with Crippen LogP contribution in [0.15, 0.2) is 78.0 Å². The highest BCUT2D eigenvalue weighted by molar-refractivity contribution is 5.76. The van der Waals surface area contributed by atoms with Gasteiger partial charge < -0.3 is 14.3 Å². The van der Waals surface area contributed by atoms with Crippen molar-refractivity contribution >= 4 is 11.0 Å². The molecule has 4 aromatic rings. The quantitative estimate of drug-likeness (QED) is 0.628. The number of hydrogen-bond donors (Lipinski definition) is 1. The molecule has 0 saturated carbocycles. The van der Waals surface area contributed by atoms with Crippen molar-refractivity contribution in [2.24, 2.45) is 0 Å². The molecule has 2 heterocycles. The third-order valence-corrected chi connectivity index (χ3v) is 3.83. The van der Waals surface area contributed by atoms with Gasteiger partial charge in [0.25, 0.3) is 5.56 Å². The average Bonchev–Trinajstić information content (AvgIpc) is 3.07. The molecule has 0 aliphatic heterocycles. The summed E-state index contributed by atoms with van der Waals surface area (Å²) >= 11 is 0. The minimum absolute atomic E-state index is 0.143. The zero-order valence-corrected chi connectivity index (χ0v) is 12.8. The Kier molecular flexibility index (Phi) is 3.59. The van der Waals surface area contributed by atoms with Gasteiger partial charge in [0.2, 0.25) is 0 Å². The third kappa shape index (κ3) is 2.67. The SMILES string of the molecule is O=c1[nH]cnc2c1ccn2-c1cccc(OCc2ccccc2)c1. The first-order chi connectivity index (χ1) is 11.8. The number of ether oxygens (including phenoxy) is 1. The predicted octanol–water partition coefficient (Wildman–Crippen LogP) is 3.29. The van der Waals surface area contributed by atoms with E-state index < -0.39 is 0 Å². The van der Waals surface area contributed by atoms with Crippen LogP contribution in [0.4, 0.5) is 0 Å². The first-order valence-electron chi connectivity index (χ1n) is 7.63. The van der Waals surface area contributed by atoms with Crippen LogP contribution in [0, 0.1) is 0 Å². The summed E-state index contributed by atoms with van der Waals surface area (Å²) in [4.78, 5) is 18.7. The molecule has 5 nitrogen and oxygen atoms in total. The van der Waals surface area contributed by atoms with Crippen LogP contribution in [0.1, 0.15) is 5.56 Å². The lowest BCUT2D eigenvalue weighted by molar-refractivity contribution is 0.306. The molecular weight excluding hydrogens is 302 g/mol. The Bertz CT molecular complexity index is 1040. The maximum atomic E-state index is 11.8. The van der Waals surface area contributed by atoms with Crippen molar-refractivity contribution in [3.63, 3.8) is 0 Å². The summed E-state index contributed by atoms with van der Waals surface area (Å²) in [6, 6.07) is 19.5. The van der Waals surface area contributed by atoms with Crippen molar-refractivity contribution in [3.8, 4) is 11.4 Å². The van der Waals surface area contributed by atoms with Gasteiger partial charge in [0, 0.05) is 12.3 Å². The van der Waals surface area contributed by atoms with E-state index in [9.17, 15) is 4.79 Å². The molecule has 0 spiro atoms. The summed E-state index contributed by atoms with van der Waals surface area (Å²) < 4.78 is 7.74. The lowest BCUT2D eigenvalue weighted by Gasteiger charge is -2.09. The summed E-state index contributed by atoms with van der Waals surface area (Å²) in [5, 5.41) is 0.563. The Labute approximate surface area is 138 Å². The molecule has 5 heteroatoms. The molecule has 0 radical (unpaired) electrons. The molecule has 0 saturated heterocycles. The van der Waals surface area contributed by atoms with E-state index in [4.69, 9.17) is 4.74 Å².